The van der Waals surface area contributed by atoms with Crippen LogP contribution in [0.25, 0.3) is 0 Å². The highest BCUT2D eigenvalue weighted by atomic mass is 19.1. The second-order valence-corrected chi connectivity index (χ2v) is 5.85. The molecule has 0 aliphatic carbocycles. The minimum atomic E-state index is -0.572. The number of hydrogen-bond donors (Lipinski definition) is 2. The summed E-state index contributed by atoms with van der Waals surface area (Å²) < 4.78 is 19.4. The fourth-order valence-electron chi connectivity index (χ4n) is 2.39. The minimum absolute atomic E-state index is 0.0163. The van der Waals surface area contributed by atoms with E-state index in [1.54, 1.807) is 0 Å². The van der Waals surface area contributed by atoms with E-state index in [2.05, 4.69) is 10.6 Å². The van der Waals surface area contributed by atoms with E-state index in [9.17, 15) is 14.0 Å². The normalized spacial score (nSPS) is 10.2. The molecule has 2 amide bonds. The Morgan fingerprint density at radius 1 is 1.04 bits per heavy atom. The maximum atomic E-state index is 13.8. The maximum Gasteiger partial charge on any atom is 0.227 e. The smallest absolute Gasteiger partial charge is 0.227 e. The maximum absolute atomic E-state index is 13.8. The third-order valence-corrected chi connectivity index (χ3v) is 3.35. The number of amides is 2. The molecule has 2 N–H and O–H groups in total. The molecule has 25 heavy (non-hydrogen) atoms. The summed E-state index contributed by atoms with van der Waals surface area (Å²) >= 11 is 0. The highest BCUT2D eigenvalue weighted by molar-refractivity contribution is 5.93. The number of aryl methyl sites for hydroxylation is 2. The van der Waals surface area contributed by atoms with Crippen LogP contribution in [-0.4, -0.2) is 18.4 Å². The number of benzene rings is 2. The van der Waals surface area contributed by atoms with Crippen LogP contribution < -0.4 is 15.4 Å². The first-order valence-corrected chi connectivity index (χ1v) is 7.91. The first-order valence-electron chi connectivity index (χ1n) is 7.91. The molecule has 0 aliphatic rings. The van der Waals surface area contributed by atoms with Crippen LogP contribution in [0.3, 0.4) is 0 Å². The molecule has 0 unspecified atom stereocenters. The van der Waals surface area contributed by atoms with E-state index in [0.29, 0.717) is 11.4 Å². The Hall–Kier alpha value is -2.89. The van der Waals surface area contributed by atoms with E-state index in [-0.39, 0.29) is 30.5 Å². The third-order valence-electron chi connectivity index (χ3n) is 3.35. The Balaban J connectivity index is 1.90. The topological polar surface area (TPSA) is 67.4 Å². The van der Waals surface area contributed by atoms with Gasteiger partial charge in [0.25, 0.3) is 0 Å². The van der Waals surface area contributed by atoms with Gasteiger partial charge in [-0.05, 0) is 55.3 Å². The predicted molar refractivity (Wildman–Crippen MR) is 95.4 cm³/mol. The first kappa shape index (κ1) is 18.4. The summed E-state index contributed by atoms with van der Waals surface area (Å²) in [6.07, 6.45) is 0.0802. The molecule has 0 aromatic heterocycles. The van der Waals surface area contributed by atoms with Crippen molar-refractivity contribution in [1.29, 1.82) is 0 Å². The van der Waals surface area contributed by atoms with Crippen LogP contribution in [0.4, 0.5) is 15.8 Å². The van der Waals surface area contributed by atoms with Gasteiger partial charge < -0.3 is 15.4 Å². The van der Waals surface area contributed by atoms with Crippen molar-refractivity contribution < 1.29 is 18.7 Å². The van der Waals surface area contributed by atoms with Gasteiger partial charge >= 0.3 is 0 Å². The molecule has 5 nitrogen and oxygen atoms in total. The van der Waals surface area contributed by atoms with Crippen LogP contribution in [-0.2, 0) is 9.59 Å². The molecule has 0 heterocycles. The summed E-state index contributed by atoms with van der Waals surface area (Å²) in [6, 6.07) is 9.80. The lowest BCUT2D eigenvalue weighted by molar-refractivity contribution is -0.116. The second kappa shape index (κ2) is 8.28. The standard InChI is InChI=1S/C19H21FN2O3/c1-12-8-13(2)10-16(9-12)25-7-6-19(24)22-18-11-15(21-14(3)23)4-5-17(18)20/h4-5,8-11H,6-7H2,1-3H3,(H,21,23)(H,22,24). The van der Waals surface area contributed by atoms with E-state index in [0.717, 1.165) is 11.1 Å². The average Bonchev–Trinajstić information content (AvgIpc) is 2.49. The van der Waals surface area contributed by atoms with Gasteiger partial charge in [0.05, 0.1) is 18.7 Å². The molecule has 2 rings (SSSR count). The molecule has 0 aliphatic heterocycles. The Morgan fingerprint density at radius 3 is 2.36 bits per heavy atom. The molecule has 0 fully saturated rings. The lowest BCUT2D eigenvalue weighted by Crippen LogP contribution is -2.16. The average molecular weight is 344 g/mol. The number of nitrogens with one attached hydrogen (secondary N) is 2. The summed E-state index contributed by atoms with van der Waals surface area (Å²) in [5, 5.41) is 5.03. The Labute approximate surface area is 146 Å². The Bertz CT molecular complexity index is 770. The van der Waals surface area contributed by atoms with Crippen molar-refractivity contribution in [2.75, 3.05) is 17.2 Å². The zero-order valence-corrected chi connectivity index (χ0v) is 14.5. The second-order valence-electron chi connectivity index (χ2n) is 5.85. The van der Waals surface area contributed by atoms with Crippen molar-refractivity contribution in [3.05, 3.63) is 53.3 Å². The largest absolute Gasteiger partial charge is 0.493 e. The van der Waals surface area contributed by atoms with Crippen LogP contribution in [0.1, 0.15) is 24.5 Å². The Morgan fingerprint density at radius 2 is 1.72 bits per heavy atom. The minimum Gasteiger partial charge on any atom is -0.493 e. The van der Waals surface area contributed by atoms with E-state index in [1.807, 2.05) is 32.0 Å². The zero-order valence-electron chi connectivity index (χ0n) is 14.5. The van der Waals surface area contributed by atoms with Crippen molar-refractivity contribution in [1.82, 2.24) is 0 Å². The molecule has 0 bridgehead atoms. The van der Waals surface area contributed by atoms with Gasteiger partial charge in [-0.25, -0.2) is 4.39 Å². The van der Waals surface area contributed by atoms with Crippen molar-refractivity contribution in [2.45, 2.75) is 27.2 Å². The number of hydrogen-bond acceptors (Lipinski definition) is 3. The molecule has 0 saturated carbocycles. The van der Waals surface area contributed by atoms with E-state index < -0.39 is 5.82 Å². The van der Waals surface area contributed by atoms with Crippen LogP contribution in [0.5, 0.6) is 5.75 Å². The number of ether oxygens (including phenoxy) is 1. The van der Waals surface area contributed by atoms with Gasteiger partial charge in [-0.1, -0.05) is 6.07 Å². The van der Waals surface area contributed by atoms with E-state index in [4.69, 9.17) is 4.74 Å². The van der Waals surface area contributed by atoms with E-state index >= 15 is 0 Å². The molecular formula is C19H21FN2O3. The molecule has 0 saturated heterocycles. The number of halogens is 1. The highest BCUT2D eigenvalue weighted by Crippen LogP contribution is 2.20. The van der Waals surface area contributed by atoms with Gasteiger partial charge in [-0.2, -0.15) is 0 Å². The summed E-state index contributed by atoms with van der Waals surface area (Å²) in [5.41, 5.74) is 2.59. The van der Waals surface area contributed by atoms with Crippen molar-refractivity contribution in [3.8, 4) is 5.75 Å². The molecule has 2 aromatic rings. The molecule has 0 spiro atoms. The van der Waals surface area contributed by atoms with Gasteiger partial charge in [0.1, 0.15) is 11.6 Å². The van der Waals surface area contributed by atoms with Gasteiger partial charge in [0.15, 0.2) is 0 Å². The fourth-order valence-corrected chi connectivity index (χ4v) is 2.39. The fraction of sp³-hybridized carbons (Fsp3) is 0.263. The van der Waals surface area contributed by atoms with Gasteiger partial charge in [-0.15, -0.1) is 0 Å². The molecule has 0 radical (unpaired) electrons. The molecule has 6 heteroatoms. The van der Waals surface area contributed by atoms with Gasteiger partial charge in [-0.3, -0.25) is 9.59 Å². The quantitative estimate of drug-likeness (QED) is 0.837. The number of carbonyl (C=O) groups excluding carboxylic acids is 2. The summed E-state index contributed by atoms with van der Waals surface area (Å²) in [6.45, 7) is 5.47. The number of carbonyl (C=O) groups is 2. The number of anilines is 2. The lowest BCUT2D eigenvalue weighted by Gasteiger charge is -2.10. The molecule has 2 aromatic carbocycles. The van der Waals surface area contributed by atoms with Crippen molar-refractivity contribution >= 4 is 23.2 Å². The third kappa shape index (κ3) is 5.91. The number of rotatable bonds is 6. The summed E-state index contributed by atoms with van der Waals surface area (Å²) in [4.78, 5) is 23.0. The molecule has 0 atom stereocenters. The SMILES string of the molecule is CC(=O)Nc1ccc(F)c(NC(=O)CCOc2cc(C)cc(C)c2)c1. The van der Waals surface area contributed by atoms with Crippen molar-refractivity contribution in [2.24, 2.45) is 0 Å². The molecule has 132 valence electrons. The van der Waals surface area contributed by atoms with Crippen LogP contribution >= 0.6 is 0 Å². The lowest BCUT2D eigenvalue weighted by atomic mass is 10.1. The van der Waals surface area contributed by atoms with Gasteiger partial charge in [0, 0.05) is 12.6 Å². The van der Waals surface area contributed by atoms with Crippen LogP contribution in [0.2, 0.25) is 0 Å². The highest BCUT2D eigenvalue weighted by Gasteiger charge is 2.09. The zero-order chi connectivity index (χ0) is 18.4. The predicted octanol–water partition coefficient (Wildman–Crippen LogP) is 3.81. The Kier molecular flexibility index (Phi) is 6.11. The van der Waals surface area contributed by atoms with Crippen LogP contribution in [0, 0.1) is 19.7 Å². The first-order chi connectivity index (χ1) is 11.8. The molecular weight excluding hydrogens is 323 g/mol. The monoisotopic (exact) mass is 344 g/mol. The van der Waals surface area contributed by atoms with Gasteiger partial charge in [0.2, 0.25) is 11.8 Å². The summed E-state index contributed by atoms with van der Waals surface area (Å²) in [7, 11) is 0. The van der Waals surface area contributed by atoms with Crippen LogP contribution in [0.15, 0.2) is 36.4 Å². The summed E-state index contributed by atoms with van der Waals surface area (Å²) in [5.74, 6) is -0.518. The van der Waals surface area contributed by atoms with Crippen molar-refractivity contribution in [3.63, 3.8) is 0 Å². The van der Waals surface area contributed by atoms with E-state index in [1.165, 1.54) is 25.1 Å².